The van der Waals surface area contributed by atoms with Crippen LogP contribution < -0.4 is 0 Å². The molecule has 6 heteroatoms. The van der Waals surface area contributed by atoms with Crippen molar-refractivity contribution in [1.82, 2.24) is 4.90 Å². The third kappa shape index (κ3) is 3.74. The van der Waals surface area contributed by atoms with E-state index < -0.39 is 17.6 Å². The minimum Gasteiger partial charge on any atom is -0.328 e. The van der Waals surface area contributed by atoms with E-state index in [1.165, 1.54) is 17.0 Å². The molecule has 0 aromatic heterocycles. The van der Waals surface area contributed by atoms with Crippen molar-refractivity contribution >= 4 is 21.8 Å². The first-order valence-electron chi connectivity index (χ1n) is 5.40. The molecular formula is C13H11BrF3NO. The molecule has 0 atom stereocenters. The predicted octanol–water partition coefficient (Wildman–Crippen LogP) is 3.56. The maximum Gasteiger partial charge on any atom is 0.417 e. The lowest BCUT2D eigenvalue weighted by Gasteiger charge is -2.19. The number of carbonyl (C=O) groups excluding carboxylic acids is 1. The number of rotatable bonds is 3. The SMILES string of the molecule is C#CCN(CC)C(=O)c1ccc(Br)c(C(F)(F)F)c1. The molecule has 1 rings (SSSR count). The fraction of sp³-hybridized carbons (Fsp3) is 0.308. The molecule has 0 saturated carbocycles. The van der Waals surface area contributed by atoms with E-state index in [-0.39, 0.29) is 16.6 Å². The van der Waals surface area contributed by atoms with Crippen molar-refractivity contribution in [2.75, 3.05) is 13.1 Å². The maximum absolute atomic E-state index is 12.7. The third-order valence-electron chi connectivity index (χ3n) is 2.47. The van der Waals surface area contributed by atoms with Gasteiger partial charge in [-0.15, -0.1) is 6.42 Å². The highest BCUT2D eigenvalue weighted by Crippen LogP contribution is 2.35. The molecular weight excluding hydrogens is 323 g/mol. The number of terminal acetylenes is 1. The molecule has 1 aromatic rings. The highest BCUT2D eigenvalue weighted by Gasteiger charge is 2.33. The molecule has 0 fully saturated rings. The van der Waals surface area contributed by atoms with Gasteiger partial charge < -0.3 is 4.90 Å². The minimum atomic E-state index is -4.52. The Morgan fingerprint density at radius 1 is 1.47 bits per heavy atom. The highest BCUT2D eigenvalue weighted by atomic mass is 79.9. The van der Waals surface area contributed by atoms with Crippen LogP contribution in [0.15, 0.2) is 22.7 Å². The average Bonchev–Trinajstić information content (AvgIpc) is 2.34. The Kier molecular flexibility index (Phi) is 5.01. The molecule has 1 aromatic carbocycles. The van der Waals surface area contributed by atoms with Gasteiger partial charge in [-0.1, -0.05) is 21.9 Å². The second-order valence-electron chi connectivity index (χ2n) is 3.72. The Morgan fingerprint density at radius 3 is 2.58 bits per heavy atom. The van der Waals surface area contributed by atoms with Gasteiger partial charge in [-0.05, 0) is 25.1 Å². The number of alkyl halides is 3. The summed E-state index contributed by atoms with van der Waals surface area (Å²) in [6, 6.07) is 3.37. The Bertz CT molecular complexity index is 520. The zero-order valence-corrected chi connectivity index (χ0v) is 11.7. The number of benzene rings is 1. The van der Waals surface area contributed by atoms with E-state index in [4.69, 9.17) is 6.42 Å². The third-order valence-corrected chi connectivity index (χ3v) is 3.16. The van der Waals surface area contributed by atoms with Gasteiger partial charge in [0.05, 0.1) is 12.1 Å². The number of halogens is 4. The molecule has 0 aliphatic heterocycles. The standard InChI is InChI=1S/C13H11BrF3NO/c1-3-7-18(4-2)12(19)9-5-6-11(14)10(8-9)13(15,16)17/h1,5-6,8H,4,7H2,2H3. The van der Waals surface area contributed by atoms with Crippen LogP contribution in [-0.4, -0.2) is 23.9 Å². The smallest absolute Gasteiger partial charge is 0.328 e. The van der Waals surface area contributed by atoms with Gasteiger partial charge in [0.2, 0.25) is 0 Å². The van der Waals surface area contributed by atoms with Gasteiger partial charge in [0.1, 0.15) is 0 Å². The van der Waals surface area contributed by atoms with E-state index in [1.807, 2.05) is 0 Å². The summed E-state index contributed by atoms with van der Waals surface area (Å²) in [7, 11) is 0. The number of hydrogen-bond acceptors (Lipinski definition) is 1. The molecule has 0 unspecified atom stereocenters. The van der Waals surface area contributed by atoms with Crippen LogP contribution >= 0.6 is 15.9 Å². The van der Waals surface area contributed by atoms with Crippen LogP contribution in [0.2, 0.25) is 0 Å². The molecule has 0 saturated heterocycles. The van der Waals surface area contributed by atoms with E-state index in [9.17, 15) is 18.0 Å². The molecule has 0 aliphatic carbocycles. The van der Waals surface area contributed by atoms with Gasteiger partial charge in [0, 0.05) is 16.6 Å². The largest absolute Gasteiger partial charge is 0.417 e. The van der Waals surface area contributed by atoms with Crippen LogP contribution in [0.25, 0.3) is 0 Å². The van der Waals surface area contributed by atoms with Crippen molar-refractivity contribution in [3.8, 4) is 12.3 Å². The summed E-state index contributed by atoms with van der Waals surface area (Å²) in [4.78, 5) is 13.3. The van der Waals surface area contributed by atoms with Crippen molar-refractivity contribution in [3.05, 3.63) is 33.8 Å². The van der Waals surface area contributed by atoms with Gasteiger partial charge in [-0.3, -0.25) is 4.79 Å². The zero-order valence-electron chi connectivity index (χ0n) is 10.1. The van der Waals surface area contributed by atoms with Crippen molar-refractivity contribution in [1.29, 1.82) is 0 Å². The Balaban J connectivity index is 3.16. The van der Waals surface area contributed by atoms with Crippen LogP contribution in [-0.2, 0) is 6.18 Å². The molecule has 0 bridgehead atoms. The average molecular weight is 334 g/mol. The van der Waals surface area contributed by atoms with Gasteiger partial charge in [-0.2, -0.15) is 13.2 Å². The fourth-order valence-corrected chi connectivity index (χ4v) is 1.97. The fourth-order valence-electron chi connectivity index (χ4n) is 1.50. The second-order valence-corrected chi connectivity index (χ2v) is 4.57. The molecule has 2 nitrogen and oxygen atoms in total. The molecule has 0 spiro atoms. The first-order chi connectivity index (χ1) is 8.81. The van der Waals surface area contributed by atoms with Gasteiger partial charge in [0.25, 0.3) is 5.91 Å². The van der Waals surface area contributed by atoms with Crippen molar-refractivity contribution in [2.24, 2.45) is 0 Å². The van der Waals surface area contributed by atoms with Crippen molar-refractivity contribution in [3.63, 3.8) is 0 Å². The lowest BCUT2D eigenvalue weighted by atomic mass is 10.1. The first-order valence-corrected chi connectivity index (χ1v) is 6.20. The summed E-state index contributed by atoms with van der Waals surface area (Å²) in [6.45, 7) is 2.10. The number of carbonyl (C=O) groups is 1. The van der Waals surface area contributed by atoms with Crippen LogP contribution in [0.4, 0.5) is 13.2 Å². The van der Waals surface area contributed by atoms with E-state index in [1.54, 1.807) is 6.92 Å². The summed E-state index contributed by atoms with van der Waals surface area (Å²) in [6.07, 6.45) is 0.597. The Hall–Kier alpha value is -1.48. The summed E-state index contributed by atoms with van der Waals surface area (Å²) in [5, 5.41) is 0. The van der Waals surface area contributed by atoms with E-state index in [0.717, 1.165) is 6.07 Å². The molecule has 102 valence electrons. The van der Waals surface area contributed by atoms with Crippen LogP contribution in [0.5, 0.6) is 0 Å². The summed E-state index contributed by atoms with van der Waals surface area (Å²) in [5.41, 5.74) is -0.914. The number of nitrogens with zero attached hydrogens (tertiary/aromatic N) is 1. The van der Waals surface area contributed by atoms with E-state index in [0.29, 0.717) is 6.54 Å². The summed E-state index contributed by atoms with van der Waals surface area (Å²) in [5.74, 6) is 1.78. The molecule has 0 heterocycles. The minimum absolute atomic E-state index is 0.0346. The Morgan fingerprint density at radius 2 is 2.11 bits per heavy atom. The van der Waals surface area contributed by atoms with Gasteiger partial charge in [0.15, 0.2) is 0 Å². The summed E-state index contributed by atoms with van der Waals surface area (Å²) >= 11 is 2.82. The summed E-state index contributed by atoms with van der Waals surface area (Å²) < 4.78 is 38.1. The lowest BCUT2D eigenvalue weighted by molar-refractivity contribution is -0.138. The zero-order chi connectivity index (χ0) is 14.6. The molecule has 0 aliphatic rings. The maximum atomic E-state index is 12.7. The molecule has 0 N–H and O–H groups in total. The van der Waals surface area contributed by atoms with Gasteiger partial charge in [-0.25, -0.2) is 0 Å². The van der Waals surface area contributed by atoms with Crippen molar-refractivity contribution in [2.45, 2.75) is 13.1 Å². The van der Waals surface area contributed by atoms with E-state index in [2.05, 4.69) is 21.9 Å². The second kappa shape index (κ2) is 6.11. The normalized spacial score (nSPS) is 10.9. The highest BCUT2D eigenvalue weighted by molar-refractivity contribution is 9.10. The predicted molar refractivity (Wildman–Crippen MR) is 69.6 cm³/mol. The Labute approximate surface area is 117 Å². The van der Waals surface area contributed by atoms with Crippen LogP contribution in [0.3, 0.4) is 0 Å². The molecule has 19 heavy (non-hydrogen) atoms. The quantitative estimate of drug-likeness (QED) is 0.774. The van der Waals surface area contributed by atoms with Crippen molar-refractivity contribution < 1.29 is 18.0 Å². The van der Waals surface area contributed by atoms with Gasteiger partial charge >= 0.3 is 6.18 Å². The number of amides is 1. The van der Waals surface area contributed by atoms with Crippen LogP contribution in [0, 0.1) is 12.3 Å². The topological polar surface area (TPSA) is 20.3 Å². The van der Waals surface area contributed by atoms with Crippen LogP contribution in [0.1, 0.15) is 22.8 Å². The molecule has 0 radical (unpaired) electrons. The molecule has 1 amide bonds. The van der Waals surface area contributed by atoms with E-state index >= 15 is 0 Å². The lowest BCUT2D eigenvalue weighted by Crippen LogP contribution is -2.31. The monoisotopic (exact) mass is 333 g/mol. The number of hydrogen-bond donors (Lipinski definition) is 0. The first kappa shape index (κ1) is 15.6.